The van der Waals surface area contributed by atoms with Crippen LogP contribution in [0.15, 0.2) is 18.5 Å². The van der Waals surface area contributed by atoms with Gasteiger partial charge in [0.1, 0.15) is 0 Å². The largest absolute Gasteiger partial charge is 0.388 e. The van der Waals surface area contributed by atoms with Gasteiger partial charge in [-0.3, -0.25) is 0 Å². The minimum atomic E-state index is -0.397. The van der Waals surface area contributed by atoms with E-state index >= 15 is 0 Å². The second-order valence-corrected chi connectivity index (χ2v) is 5.09. The minimum Gasteiger partial charge on any atom is -0.388 e. The highest BCUT2D eigenvalue weighted by molar-refractivity contribution is 5.14. The minimum absolute atomic E-state index is 0.228. The van der Waals surface area contributed by atoms with E-state index in [-0.39, 0.29) is 5.92 Å². The maximum absolute atomic E-state index is 9.95. The van der Waals surface area contributed by atoms with E-state index < -0.39 is 6.10 Å². The topological polar surface area (TPSA) is 52.9 Å². The fraction of sp³-hybridized carbons (Fsp3) is 0.733. The first-order valence-electron chi connectivity index (χ1n) is 7.13. The summed E-state index contributed by atoms with van der Waals surface area (Å²) in [6.07, 6.45) is 3.55. The Morgan fingerprint density at radius 3 is 2.40 bits per heavy atom. The number of aromatic nitrogens is 1. The van der Waals surface area contributed by atoms with Gasteiger partial charge in [0.15, 0.2) is 0 Å². The summed E-state index contributed by atoms with van der Waals surface area (Å²) in [5, 5.41) is 9.95. The van der Waals surface area contributed by atoms with Crippen molar-refractivity contribution >= 4 is 0 Å². The maximum atomic E-state index is 9.95. The number of methoxy groups -OCH3 is 1. The van der Waals surface area contributed by atoms with Crippen LogP contribution in [0.25, 0.3) is 0 Å². The Bertz CT molecular complexity index is 351. The molecule has 0 saturated heterocycles. The Balaban J connectivity index is 2.10. The van der Waals surface area contributed by atoms with Crippen molar-refractivity contribution in [3.63, 3.8) is 0 Å². The summed E-state index contributed by atoms with van der Waals surface area (Å²) in [6.45, 7) is 7.84. The number of hydrogen-bond acceptors (Lipinski definition) is 4. The van der Waals surface area contributed by atoms with Crippen LogP contribution in [0.3, 0.4) is 0 Å². The summed E-state index contributed by atoms with van der Waals surface area (Å²) in [4.78, 5) is 0. The molecule has 0 aliphatic carbocycles. The highest BCUT2D eigenvalue weighted by atomic mass is 16.5. The summed E-state index contributed by atoms with van der Waals surface area (Å²) in [7, 11) is 1.65. The van der Waals surface area contributed by atoms with Gasteiger partial charge in [-0.2, -0.15) is 0 Å². The lowest BCUT2D eigenvalue weighted by Gasteiger charge is -2.12. The zero-order valence-corrected chi connectivity index (χ0v) is 12.7. The molecule has 0 aromatic carbocycles. The van der Waals surface area contributed by atoms with Gasteiger partial charge in [-0.05, 0) is 17.5 Å². The lowest BCUT2D eigenvalue weighted by Crippen LogP contribution is -2.11. The van der Waals surface area contributed by atoms with Crippen molar-refractivity contribution in [2.75, 3.05) is 40.1 Å². The Kier molecular flexibility index (Phi) is 8.53. The molecular formula is C15H27NO4. The number of nitrogens with zero attached hydrogens (tertiary/aromatic N) is 1. The third-order valence-electron chi connectivity index (χ3n) is 3.04. The highest BCUT2D eigenvalue weighted by Crippen LogP contribution is 2.21. The summed E-state index contributed by atoms with van der Waals surface area (Å²) >= 11 is 0. The van der Waals surface area contributed by atoms with Crippen molar-refractivity contribution in [2.24, 2.45) is 5.92 Å². The molecule has 1 aromatic heterocycles. The average molecular weight is 285 g/mol. The van der Waals surface area contributed by atoms with E-state index in [2.05, 4.69) is 0 Å². The van der Waals surface area contributed by atoms with Crippen molar-refractivity contribution in [1.82, 2.24) is 4.57 Å². The fourth-order valence-corrected chi connectivity index (χ4v) is 1.79. The van der Waals surface area contributed by atoms with Crippen molar-refractivity contribution in [2.45, 2.75) is 26.5 Å². The number of rotatable bonds is 11. The first kappa shape index (κ1) is 17.2. The van der Waals surface area contributed by atoms with Crippen molar-refractivity contribution in [3.8, 4) is 0 Å². The van der Waals surface area contributed by atoms with E-state index in [4.69, 9.17) is 14.2 Å². The number of hydrogen-bond donors (Lipinski definition) is 1. The number of aliphatic hydroxyl groups excluding tert-OH is 1. The van der Waals surface area contributed by atoms with E-state index in [0.29, 0.717) is 33.0 Å². The molecule has 0 radical (unpaired) electrons. The molecule has 0 saturated carbocycles. The van der Waals surface area contributed by atoms with Crippen LogP contribution in [0, 0.1) is 5.92 Å². The maximum Gasteiger partial charge on any atom is 0.0827 e. The summed E-state index contributed by atoms with van der Waals surface area (Å²) < 4.78 is 17.7. The van der Waals surface area contributed by atoms with Gasteiger partial charge in [0.2, 0.25) is 0 Å². The molecule has 116 valence electrons. The van der Waals surface area contributed by atoms with Gasteiger partial charge >= 0.3 is 0 Å². The molecule has 1 atom stereocenters. The van der Waals surface area contributed by atoms with E-state index in [1.54, 1.807) is 7.11 Å². The zero-order valence-electron chi connectivity index (χ0n) is 12.7. The molecule has 5 heteroatoms. The van der Waals surface area contributed by atoms with Crippen LogP contribution in [0.4, 0.5) is 0 Å². The first-order valence-corrected chi connectivity index (χ1v) is 7.13. The van der Waals surface area contributed by atoms with Crippen LogP contribution in [0.2, 0.25) is 0 Å². The third-order valence-corrected chi connectivity index (χ3v) is 3.04. The lowest BCUT2D eigenvalue weighted by molar-refractivity contribution is 0.0230. The monoisotopic (exact) mass is 285 g/mol. The van der Waals surface area contributed by atoms with Crippen LogP contribution in [-0.2, 0) is 20.8 Å². The normalized spacial score (nSPS) is 13.1. The van der Waals surface area contributed by atoms with Gasteiger partial charge in [-0.1, -0.05) is 13.8 Å². The molecule has 1 heterocycles. The molecule has 0 aliphatic rings. The first-order chi connectivity index (χ1) is 9.65. The van der Waals surface area contributed by atoms with E-state index in [1.165, 1.54) is 0 Å². The van der Waals surface area contributed by atoms with E-state index in [0.717, 1.165) is 12.1 Å². The second kappa shape index (κ2) is 9.94. The van der Waals surface area contributed by atoms with Gasteiger partial charge in [-0.25, -0.2) is 0 Å². The zero-order chi connectivity index (χ0) is 14.8. The predicted octanol–water partition coefficient (Wildman–Crippen LogP) is 1.86. The third kappa shape index (κ3) is 6.52. The molecule has 1 N–H and O–H groups in total. The van der Waals surface area contributed by atoms with Crippen LogP contribution in [0.5, 0.6) is 0 Å². The van der Waals surface area contributed by atoms with Crippen molar-refractivity contribution in [3.05, 3.63) is 24.0 Å². The molecule has 5 nitrogen and oxygen atoms in total. The molecule has 1 unspecified atom stereocenters. The number of ether oxygens (including phenoxy) is 3. The smallest absolute Gasteiger partial charge is 0.0827 e. The summed E-state index contributed by atoms with van der Waals surface area (Å²) in [6, 6.07) is 1.96. The Morgan fingerprint density at radius 1 is 1.10 bits per heavy atom. The Morgan fingerprint density at radius 2 is 1.75 bits per heavy atom. The highest BCUT2D eigenvalue weighted by Gasteiger charge is 2.12. The second-order valence-electron chi connectivity index (χ2n) is 5.09. The van der Waals surface area contributed by atoms with Gasteiger partial charge < -0.3 is 23.9 Å². The number of aliphatic hydroxyl groups is 1. The molecule has 1 rings (SSSR count). The molecular weight excluding hydrogens is 258 g/mol. The molecule has 0 bridgehead atoms. The molecule has 0 aliphatic heterocycles. The van der Waals surface area contributed by atoms with Crippen LogP contribution >= 0.6 is 0 Å². The fourth-order valence-electron chi connectivity index (χ4n) is 1.79. The Labute approximate surface area is 121 Å². The van der Waals surface area contributed by atoms with Crippen LogP contribution < -0.4 is 0 Å². The van der Waals surface area contributed by atoms with Gasteiger partial charge in [0.05, 0.1) is 39.1 Å². The van der Waals surface area contributed by atoms with Crippen LogP contribution in [0.1, 0.15) is 25.5 Å². The average Bonchev–Trinajstić information content (AvgIpc) is 2.89. The standard InChI is InChI=1S/C15H27NO4/c1-13(2)15(17)14-4-5-16(12-14)6-7-19-10-11-20-9-8-18-3/h4-5,12-13,15,17H,6-11H2,1-3H3. The molecule has 0 amide bonds. The van der Waals surface area contributed by atoms with E-state index in [1.807, 2.05) is 36.9 Å². The summed E-state index contributed by atoms with van der Waals surface area (Å²) in [5.74, 6) is 0.228. The van der Waals surface area contributed by atoms with Crippen molar-refractivity contribution < 1.29 is 19.3 Å². The summed E-state index contributed by atoms with van der Waals surface area (Å²) in [5.41, 5.74) is 0.961. The predicted molar refractivity (Wildman–Crippen MR) is 77.7 cm³/mol. The molecule has 0 fully saturated rings. The SMILES string of the molecule is COCCOCCOCCn1ccc(C(O)C(C)C)c1. The van der Waals surface area contributed by atoms with Crippen LogP contribution in [-0.4, -0.2) is 49.8 Å². The van der Waals surface area contributed by atoms with Gasteiger partial charge in [0, 0.05) is 26.0 Å². The lowest BCUT2D eigenvalue weighted by atomic mass is 10.0. The molecule has 0 spiro atoms. The van der Waals surface area contributed by atoms with Crippen molar-refractivity contribution in [1.29, 1.82) is 0 Å². The van der Waals surface area contributed by atoms with E-state index in [9.17, 15) is 5.11 Å². The van der Waals surface area contributed by atoms with Gasteiger partial charge in [0.25, 0.3) is 0 Å². The molecule has 20 heavy (non-hydrogen) atoms. The Hall–Kier alpha value is -0.880. The quantitative estimate of drug-likeness (QED) is 0.631. The molecule has 1 aromatic rings. The van der Waals surface area contributed by atoms with Gasteiger partial charge in [-0.15, -0.1) is 0 Å².